The number of nitrogens with zero attached hydrogens (tertiary/aromatic N) is 4. The minimum absolute atomic E-state index is 0.0180. The molecule has 1 aliphatic rings. The Bertz CT molecular complexity index is 1500. The summed E-state index contributed by atoms with van der Waals surface area (Å²) in [5.41, 5.74) is -0.202. The van der Waals surface area contributed by atoms with Crippen molar-refractivity contribution in [3.05, 3.63) is 81.3 Å². The molecule has 0 aliphatic carbocycles. The lowest BCUT2D eigenvalue weighted by Gasteiger charge is -2.39. The van der Waals surface area contributed by atoms with Gasteiger partial charge in [-0.3, -0.25) is 14.2 Å². The highest BCUT2D eigenvalue weighted by Crippen LogP contribution is 2.29. The van der Waals surface area contributed by atoms with Crippen LogP contribution in [0.1, 0.15) is 15.9 Å². The summed E-state index contributed by atoms with van der Waals surface area (Å²) < 4.78 is 21.9. The van der Waals surface area contributed by atoms with Crippen LogP contribution in [0, 0.1) is 11.7 Å². The predicted octanol–water partition coefficient (Wildman–Crippen LogP) is 2.45. The fourth-order valence-corrected chi connectivity index (χ4v) is 4.66. The van der Waals surface area contributed by atoms with Gasteiger partial charge in [0.1, 0.15) is 5.56 Å². The summed E-state index contributed by atoms with van der Waals surface area (Å²) in [6.45, 7) is 1.68. The van der Waals surface area contributed by atoms with Crippen LogP contribution in [0.4, 0.5) is 10.2 Å². The molecular formula is C25H22FN5O5S. The normalized spacial score (nSPS) is 13.5. The molecule has 2 N–H and O–H groups in total. The lowest BCUT2D eigenvalue weighted by Crippen LogP contribution is -2.54. The standard InChI is InChI=1S/C25H22FN5O5S/c26-19-10-17-20(32)18(24(34)35)13-31(25-28-7-9-37-25)21(17)29-22(19)30-11-16(12-30)23(33)27-6-8-36-14-15-4-2-1-3-5-15/h1-5,7,9-10,13,16H,6,8,11-12,14H2,(H,27,33)(H,34,35). The van der Waals surface area contributed by atoms with Gasteiger partial charge in [-0.2, -0.15) is 0 Å². The molecule has 1 saturated heterocycles. The van der Waals surface area contributed by atoms with Crippen LogP contribution in [0.2, 0.25) is 0 Å². The molecule has 0 unspecified atom stereocenters. The minimum Gasteiger partial charge on any atom is -0.477 e. The number of nitrogens with one attached hydrogen (secondary N) is 1. The summed E-state index contributed by atoms with van der Waals surface area (Å²) in [6.07, 6.45) is 2.67. The van der Waals surface area contributed by atoms with E-state index in [1.54, 1.807) is 10.3 Å². The van der Waals surface area contributed by atoms with Crippen molar-refractivity contribution in [3.8, 4) is 5.13 Å². The van der Waals surface area contributed by atoms with E-state index in [-0.39, 0.29) is 41.8 Å². The molecular weight excluding hydrogens is 501 g/mol. The van der Waals surface area contributed by atoms with Gasteiger partial charge in [0.15, 0.2) is 22.4 Å². The van der Waals surface area contributed by atoms with E-state index in [9.17, 15) is 19.5 Å². The van der Waals surface area contributed by atoms with Crippen LogP contribution in [0.25, 0.3) is 16.2 Å². The maximum Gasteiger partial charge on any atom is 0.341 e. The van der Waals surface area contributed by atoms with Crippen molar-refractivity contribution in [2.24, 2.45) is 5.92 Å². The number of aromatic carboxylic acids is 1. The number of hydrogen-bond acceptors (Lipinski definition) is 8. The van der Waals surface area contributed by atoms with Crippen molar-refractivity contribution in [1.82, 2.24) is 19.9 Å². The summed E-state index contributed by atoms with van der Waals surface area (Å²) in [5.74, 6) is -2.72. The second-order valence-electron chi connectivity index (χ2n) is 8.46. The Kier molecular flexibility index (Phi) is 6.93. The molecule has 0 atom stereocenters. The first kappa shape index (κ1) is 24.5. The van der Waals surface area contributed by atoms with Gasteiger partial charge in [0.05, 0.1) is 24.5 Å². The van der Waals surface area contributed by atoms with Gasteiger partial charge in [-0.25, -0.2) is 19.2 Å². The van der Waals surface area contributed by atoms with E-state index in [2.05, 4.69) is 15.3 Å². The van der Waals surface area contributed by atoms with E-state index in [0.717, 1.165) is 17.8 Å². The third-order valence-electron chi connectivity index (χ3n) is 5.98. The van der Waals surface area contributed by atoms with Gasteiger partial charge in [0.25, 0.3) is 0 Å². The molecule has 1 aromatic carbocycles. The molecule has 37 heavy (non-hydrogen) atoms. The lowest BCUT2D eigenvalue weighted by atomic mass is 9.99. The highest BCUT2D eigenvalue weighted by atomic mass is 32.1. The third-order valence-corrected chi connectivity index (χ3v) is 6.75. The zero-order chi connectivity index (χ0) is 25.9. The number of fused-ring (bicyclic) bond motifs is 1. The number of pyridine rings is 2. The summed E-state index contributed by atoms with van der Waals surface area (Å²) in [5, 5.41) is 14.2. The van der Waals surface area contributed by atoms with Crippen molar-refractivity contribution in [2.75, 3.05) is 31.1 Å². The molecule has 0 saturated carbocycles. The Hall–Kier alpha value is -4.16. The summed E-state index contributed by atoms with van der Waals surface area (Å²) in [6, 6.07) is 10.7. The van der Waals surface area contributed by atoms with Crippen LogP contribution in [-0.2, 0) is 16.1 Å². The molecule has 0 spiro atoms. The Morgan fingerprint density at radius 2 is 2.03 bits per heavy atom. The third kappa shape index (κ3) is 5.06. The predicted molar refractivity (Wildman–Crippen MR) is 135 cm³/mol. The first-order chi connectivity index (χ1) is 17.9. The topological polar surface area (TPSA) is 127 Å². The maximum absolute atomic E-state index is 15.0. The average molecular weight is 524 g/mol. The highest BCUT2D eigenvalue weighted by Gasteiger charge is 2.35. The molecule has 4 heterocycles. The van der Waals surface area contributed by atoms with Gasteiger partial charge in [0, 0.05) is 37.4 Å². The number of benzene rings is 1. The number of aromatic nitrogens is 3. The van der Waals surface area contributed by atoms with Crippen molar-refractivity contribution in [3.63, 3.8) is 0 Å². The molecule has 12 heteroatoms. The Morgan fingerprint density at radius 1 is 1.24 bits per heavy atom. The molecule has 10 nitrogen and oxygen atoms in total. The monoisotopic (exact) mass is 523 g/mol. The number of amides is 1. The fraction of sp³-hybridized carbons (Fsp3) is 0.240. The molecule has 0 bridgehead atoms. The van der Waals surface area contributed by atoms with Gasteiger partial charge in [-0.05, 0) is 11.6 Å². The van der Waals surface area contributed by atoms with E-state index in [1.807, 2.05) is 30.3 Å². The number of hydrogen-bond donors (Lipinski definition) is 2. The van der Waals surface area contributed by atoms with Crippen LogP contribution >= 0.6 is 11.3 Å². The molecule has 4 aromatic rings. The first-order valence-electron chi connectivity index (χ1n) is 11.5. The number of carbonyl (C=O) groups is 2. The number of thiazole rings is 1. The largest absolute Gasteiger partial charge is 0.477 e. The van der Waals surface area contributed by atoms with Gasteiger partial charge >= 0.3 is 5.97 Å². The molecule has 190 valence electrons. The SMILES string of the molecule is O=C(O)c1cn(-c2nccs2)c2nc(N3CC(C(=O)NCCOCc4ccccc4)C3)c(F)cc2c1=O. The average Bonchev–Trinajstić information content (AvgIpc) is 3.39. The van der Waals surface area contributed by atoms with Crippen LogP contribution < -0.4 is 15.6 Å². The number of halogens is 1. The molecule has 1 aliphatic heterocycles. The van der Waals surface area contributed by atoms with Crippen molar-refractivity contribution in [2.45, 2.75) is 6.61 Å². The number of rotatable bonds is 9. The van der Waals surface area contributed by atoms with Crippen LogP contribution in [0.5, 0.6) is 0 Å². The van der Waals surface area contributed by atoms with E-state index in [1.165, 1.54) is 22.1 Å². The zero-order valence-electron chi connectivity index (χ0n) is 19.5. The quantitative estimate of drug-likeness (QED) is 0.321. The Morgan fingerprint density at radius 3 is 2.73 bits per heavy atom. The number of carbonyl (C=O) groups excluding carboxylic acids is 1. The summed E-state index contributed by atoms with van der Waals surface area (Å²) in [7, 11) is 0. The van der Waals surface area contributed by atoms with E-state index >= 15 is 4.39 Å². The van der Waals surface area contributed by atoms with E-state index < -0.39 is 22.8 Å². The number of carboxylic acids is 1. The van der Waals surface area contributed by atoms with Crippen molar-refractivity contribution >= 4 is 40.1 Å². The van der Waals surface area contributed by atoms with Crippen LogP contribution in [0.3, 0.4) is 0 Å². The van der Waals surface area contributed by atoms with Gasteiger partial charge in [-0.1, -0.05) is 30.3 Å². The molecule has 3 aromatic heterocycles. The van der Waals surface area contributed by atoms with Crippen LogP contribution in [-0.4, -0.2) is 57.8 Å². The maximum atomic E-state index is 15.0. The lowest BCUT2D eigenvalue weighted by molar-refractivity contribution is -0.126. The summed E-state index contributed by atoms with van der Waals surface area (Å²) in [4.78, 5) is 46.9. The number of carboxylic acid groups (broad SMARTS) is 1. The van der Waals surface area contributed by atoms with E-state index in [4.69, 9.17) is 4.74 Å². The Balaban J connectivity index is 1.26. The second-order valence-corrected chi connectivity index (χ2v) is 9.33. The number of ether oxygens (including phenoxy) is 1. The second kappa shape index (κ2) is 10.4. The van der Waals surface area contributed by atoms with Gasteiger partial charge < -0.3 is 20.1 Å². The van der Waals surface area contributed by atoms with Gasteiger partial charge in [0.2, 0.25) is 11.3 Å². The summed E-state index contributed by atoms with van der Waals surface area (Å²) >= 11 is 1.22. The van der Waals surface area contributed by atoms with Crippen LogP contribution in [0.15, 0.2) is 59.0 Å². The molecule has 1 amide bonds. The molecule has 1 fully saturated rings. The van der Waals surface area contributed by atoms with Crippen molar-refractivity contribution < 1.29 is 23.8 Å². The minimum atomic E-state index is -1.43. The van der Waals surface area contributed by atoms with Gasteiger partial charge in [-0.15, -0.1) is 11.3 Å². The Labute approximate surface area is 214 Å². The number of anilines is 1. The molecule has 0 radical (unpaired) electrons. The van der Waals surface area contributed by atoms with Crippen molar-refractivity contribution in [1.29, 1.82) is 0 Å². The van der Waals surface area contributed by atoms with E-state index in [0.29, 0.717) is 24.9 Å². The smallest absolute Gasteiger partial charge is 0.341 e. The highest BCUT2D eigenvalue weighted by molar-refractivity contribution is 7.12. The zero-order valence-corrected chi connectivity index (χ0v) is 20.3. The fourth-order valence-electron chi connectivity index (χ4n) is 4.04. The molecule has 5 rings (SSSR count). The first-order valence-corrected chi connectivity index (χ1v) is 12.3.